The van der Waals surface area contributed by atoms with Gasteiger partial charge in [0.15, 0.2) is 0 Å². The molecule has 0 unspecified atom stereocenters. The van der Waals surface area contributed by atoms with Crippen LogP contribution in [-0.2, 0) is 16.1 Å². The van der Waals surface area contributed by atoms with Gasteiger partial charge in [0.25, 0.3) is 0 Å². The number of ether oxygens (including phenoxy) is 1. The summed E-state index contributed by atoms with van der Waals surface area (Å²) in [5, 5.41) is 8.41. The van der Waals surface area contributed by atoms with Gasteiger partial charge in [-0.05, 0) is 55.8 Å². The van der Waals surface area contributed by atoms with E-state index in [-0.39, 0.29) is 12.4 Å². The minimum Gasteiger partial charge on any atom is -0.461 e. The van der Waals surface area contributed by atoms with E-state index in [9.17, 15) is 13.6 Å². The number of halogens is 2. The summed E-state index contributed by atoms with van der Waals surface area (Å²) in [6, 6.07) is 12.0. The zero-order chi connectivity index (χ0) is 23.4. The number of nitrogens with one attached hydrogen (secondary N) is 1. The summed E-state index contributed by atoms with van der Waals surface area (Å²) in [5.74, 6) is -2.03. The number of carbonyl (C=O) groups is 1. The molecule has 0 bridgehead atoms. The average Bonchev–Trinajstić information content (AvgIpc) is 3.18. The maximum absolute atomic E-state index is 14.3. The van der Waals surface area contributed by atoms with Crippen LogP contribution in [-0.4, -0.2) is 32.3 Å². The molecule has 2 aromatic heterocycles. The number of hydrogen-bond acceptors (Lipinski definition) is 6. The molecular formula is C24H21F2N5O2. The highest BCUT2D eigenvalue weighted by atomic mass is 19.1. The predicted octanol–water partition coefficient (Wildman–Crippen LogP) is 4.94. The number of aryl methyl sites for hydroxylation is 1. The first-order valence-electron chi connectivity index (χ1n) is 10.3. The smallest absolute Gasteiger partial charge is 0.367 e. The Balaban J connectivity index is 1.61. The molecule has 0 spiro atoms. The van der Waals surface area contributed by atoms with E-state index in [1.807, 2.05) is 24.3 Å². The molecule has 2 aromatic carbocycles. The molecule has 0 fully saturated rings. The van der Waals surface area contributed by atoms with Gasteiger partial charge in [-0.15, -0.1) is 0 Å². The third kappa shape index (κ3) is 5.03. The van der Waals surface area contributed by atoms with Gasteiger partial charge >= 0.3 is 5.97 Å². The summed E-state index contributed by atoms with van der Waals surface area (Å²) >= 11 is 0. The zero-order valence-corrected chi connectivity index (χ0v) is 18.0. The first-order chi connectivity index (χ1) is 15.9. The van der Waals surface area contributed by atoms with E-state index in [1.54, 1.807) is 30.8 Å². The fourth-order valence-electron chi connectivity index (χ4n) is 3.38. The van der Waals surface area contributed by atoms with Crippen molar-refractivity contribution in [1.82, 2.24) is 19.7 Å². The Hall–Kier alpha value is -4.14. The van der Waals surface area contributed by atoms with Crippen LogP contribution in [0.25, 0.3) is 17.0 Å². The van der Waals surface area contributed by atoms with Gasteiger partial charge in [-0.1, -0.05) is 12.1 Å². The van der Waals surface area contributed by atoms with Crippen LogP contribution in [0.2, 0.25) is 0 Å². The van der Waals surface area contributed by atoms with E-state index in [0.29, 0.717) is 29.3 Å². The van der Waals surface area contributed by atoms with Gasteiger partial charge in [-0.3, -0.25) is 4.68 Å². The van der Waals surface area contributed by atoms with Gasteiger partial charge in [0, 0.05) is 16.6 Å². The molecule has 0 saturated carbocycles. The maximum atomic E-state index is 14.3. The van der Waals surface area contributed by atoms with Crippen LogP contribution in [0.1, 0.15) is 23.7 Å². The van der Waals surface area contributed by atoms with Gasteiger partial charge < -0.3 is 10.1 Å². The molecular weight excluding hydrogens is 428 g/mol. The third-order valence-electron chi connectivity index (χ3n) is 4.95. The second-order valence-corrected chi connectivity index (χ2v) is 7.26. The SMILES string of the molecule is CCOC(=O)/C(F)=C/c1c(C)ncnc1Nc1ccc2c(cnn2Cc2cccc(F)c2)c1. The molecule has 9 heteroatoms. The lowest BCUT2D eigenvalue weighted by Crippen LogP contribution is -2.06. The quantitative estimate of drug-likeness (QED) is 0.318. The summed E-state index contributed by atoms with van der Waals surface area (Å²) in [5.41, 5.74) is 3.20. The van der Waals surface area contributed by atoms with Crippen molar-refractivity contribution in [3.05, 3.63) is 83.5 Å². The first-order valence-corrected chi connectivity index (χ1v) is 10.3. The van der Waals surface area contributed by atoms with Gasteiger partial charge in [0.2, 0.25) is 5.83 Å². The molecule has 0 atom stereocenters. The summed E-state index contributed by atoms with van der Waals surface area (Å²) in [4.78, 5) is 20.0. The number of esters is 1. The van der Waals surface area contributed by atoms with E-state index in [1.165, 1.54) is 18.5 Å². The summed E-state index contributed by atoms with van der Waals surface area (Å²) in [6.45, 7) is 3.80. The molecule has 0 saturated heterocycles. The first kappa shape index (κ1) is 22.1. The normalized spacial score (nSPS) is 11.6. The molecule has 168 valence electrons. The Morgan fingerprint density at radius 1 is 1.21 bits per heavy atom. The molecule has 33 heavy (non-hydrogen) atoms. The van der Waals surface area contributed by atoms with Crippen molar-refractivity contribution in [2.24, 2.45) is 0 Å². The highest BCUT2D eigenvalue weighted by Crippen LogP contribution is 2.26. The lowest BCUT2D eigenvalue weighted by atomic mass is 10.1. The topological polar surface area (TPSA) is 81.9 Å². The summed E-state index contributed by atoms with van der Waals surface area (Å²) in [7, 11) is 0. The number of aromatic nitrogens is 4. The van der Waals surface area contributed by atoms with Crippen LogP contribution in [0.5, 0.6) is 0 Å². The molecule has 4 aromatic rings. The number of hydrogen-bond donors (Lipinski definition) is 1. The van der Waals surface area contributed by atoms with Crippen molar-refractivity contribution in [2.75, 3.05) is 11.9 Å². The van der Waals surface area contributed by atoms with Crippen LogP contribution in [0.4, 0.5) is 20.3 Å². The fraction of sp³-hybridized carbons (Fsp3) is 0.167. The standard InChI is InChI=1S/C24H21F2N5O2/c1-3-33-24(32)21(26)11-20-15(2)27-14-28-23(20)30-19-7-8-22-17(10-19)12-29-31(22)13-16-5-4-6-18(25)9-16/h4-12,14H,3,13H2,1-2H3,(H,27,28,30)/b21-11-. The van der Waals surface area contributed by atoms with Crippen LogP contribution < -0.4 is 5.32 Å². The second kappa shape index (κ2) is 9.56. The minimum absolute atomic E-state index is 0.0718. The third-order valence-corrected chi connectivity index (χ3v) is 4.95. The Kier molecular flexibility index (Phi) is 6.39. The Bertz CT molecular complexity index is 1350. The van der Waals surface area contributed by atoms with E-state index < -0.39 is 11.8 Å². The van der Waals surface area contributed by atoms with Crippen LogP contribution in [0.15, 0.2) is 60.8 Å². The van der Waals surface area contributed by atoms with Gasteiger partial charge in [-0.2, -0.15) is 9.49 Å². The average molecular weight is 449 g/mol. The van der Waals surface area contributed by atoms with Crippen molar-refractivity contribution >= 4 is 34.5 Å². The molecule has 7 nitrogen and oxygen atoms in total. The Morgan fingerprint density at radius 2 is 2.06 bits per heavy atom. The zero-order valence-electron chi connectivity index (χ0n) is 18.0. The van der Waals surface area contributed by atoms with Crippen molar-refractivity contribution in [3.8, 4) is 0 Å². The van der Waals surface area contributed by atoms with E-state index in [4.69, 9.17) is 4.74 Å². The Labute approximate surface area is 188 Å². The fourth-order valence-corrected chi connectivity index (χ4v) is 3.38. The van der Waals surface area contributed by atoms with Crippen molar-refractivity contribution < 1.29 is 18.3 Å². The Morgan fingerprint density at radius 3 is 2.85 bits per heavy atom. The summed E-state index contributed by atoms with van der Waals surface area (Å²) < 4.78 is 34.2. The lowest BCUT2D eigenvalue weighted by molar-refractivity contribution is -0.140. The highest BCUT2D eigenvalue weighted by Gasteiger charge is 2.14. The molecule has 0 aliphatic carbocycles. The van der Waals surface area contributed by atoms with E-state index in [2.05, 4.69) is 20.4 Å². The van der Waals surface area contributed by atoms with Crippen LogP contribution >= 0.6 is 0 Å². The number of anilines is 2. The summed E-state index contributed by atoms with van der Waals surface area (Å²) in [6.07, 6.45) is 4.13. The molecule has 0 aliphatic heterocycles. The number of nitrogens with zero attached hydrogens (tertiary/aromatic N) is 4. The monoisotopic (exact) mass is 449 g/mol. The predicted molar refractivity (Wildman–Crippen MR) is 121 cm³/mol. The van der Waals surface area contributed by atoms with Crippen LogP contribution in [0.3, 0.4) is 0 Å². The largest absolute Gasteiger partial charge is 0.461 e. The van der Waals surface area contributed by atoms with Crippen molar-refractivity contribution in [3.63, 3.8) is 0 Å². The number of fused-ring (bicyclic) bond motifs is 1. The molecule has 4 rings (SSSR count). The van der Waals surface area contributed by atoms with Crippen molar-refractivity contribution in [1.29, 1.82) is 0 Å². The molecule has 0 aliphatic rings. The molecule has 2 heterocycles. The van der Waals surface area contributed by atoms with E-state index >= 15 is 0 Å². The number of benzene rings is 2. The molecule has 0 radical (unpaired) electrons. The maximum Gasteiger partial charge on any atom is 0.367 e. The van der Waals surface area contributed by atoms with E-state index in [0.717, 1.165) is 22.5 Å². The second-order valence-electron chi connectivity index (χ2n) is 7.26. The van der Waals surface area contributed by atoms with Gasteiger partial charge in [-0.25, -0.2) is 19.2 Å². The van der Waals surface area contributed by atoms with Gasteiger partial charge in [0.05, 0.1) is 30.6 Å². The number of rotatable bonds is 7. The minimum atomic E-state index is -1.04. The molecule has 1 N–H and O–H groups in total. The van der Waals surface area contributed by atoms with Crippen LogP contribution in [0, 0.1) is 12.7 Å². The van der Waals surface area contributed by atoms with Crippen molar-refractivity contribution in [2.45, 2.75) is 20.4 Å². The number of carbonyl (C=O) groups excluding carboxylic acids is 1. The molecule has 0 amide bonds. The highest BCUT2D eigenvalue weighted by molar-refractivity contribution is 5.92. The lowest BCUT2D eigenvalue weighted by Gasteiger charge is -2.11. The van der Waals surface area contributed by atoms with Gasteiger partial charge in [0.1, 0.15) is 18.0 Å².